The van der Waals surface area contributed by atoms with Gasteiger partial charge >= 0.3 is 0 Å². The Bertz CT molecular complexity index is 462. The number of nitrogens with one attached hydrogen (secondary N) is 1. The van der Waals surface area contributed by atoms with E-state index in [0.29, 0.717) is 13.0 Å². The second kappa shape index (κ2) is 5.74. The Kier molecular flexibility index (Phi) is 4.25. The summed E-state index contributed by atoms with van der Waals surface area (Å²) in [6, 6.07) is 6.09. The van der Waals surface area contributed by atoms with E-state index in [-0.39, 0.29) is 5.91 Å². The van der Waals surface area contributed by atoms with Crippen molar-refractivity contribution in [2.24, 2.45) is 0 Å². The van der Waals surface area contributed by atoms with E-state index >= 15 is 0 Å². The van der Waals surface area contributed by atoms with Gasteiger partial charge in [-0.05, 0) is 43.4 Å². The number of amides is 1. The standard InChI is InChI=1S/C16H23NO2/c1-12-5-6-14(9-13(12)2)10-15(18)17-11-16(19)7-3-4-8-16/h5-6,9,19H,3-4,7-8,10-11H2,1-2H3,(H,17,18). The molecule has 0 spiro atoms. The molecule has 1 amide bonds. The van der Waals surface area contributed by atoms with Crippen LogP contribution in [0.4, 0.5) is 0 Å². The second-order valence-corrected chi connectivity index (χ2v) is 5.80. The molecule has 0 bridgehead atoms. The van der Waals surface area contributed by atoms with Crippen molar-refractivity contribution in [1.29, 1.82) is 0 Å². The molecule has 0 unspecified atom stereocenters. The first-order valence-electron chi connectivity index (χ1n) is 7.04. The molecular weight excluding hydrogens is 238 g/mol. The van der Waals surface area contributed by atoms with E-state index in [4.69, 9.17) is 0 Å². The van der Waals surface area contributed by atoms with Gasteiger partial charge in [0, 0.05) is 6.54 Å². The van der Waals surface area contributed by atoms with Crippen LogP contribution in [0.15, 0.2) is 18.2 Å². The third kappa shape index (κ3) is 3.80. The summed E-state index contributed by atoms with van der Waals surface area (Å²) in [6.45, 7) is 4.50. The number of hydrogen-bond acceptors (Lipinski definition) is 2. The molecule has 1 aliphatic carbocycles. The summed E-state index contributed by atoms with van der Waals surface area (Å²) in [5.74, 6) is -0.0106. The van der Waals surface area contributed by atoms with E-state index in [1.165, 1.54) is 11.1 Å². The van der Waals surface area contributed by atoms with Crippen molar-refractivity contribution in [2.45, 2.75) is 51.6 Å². The molecule has 0 aliphatic heterocycles. The SMILES string of the molecule is Cc1ccc(CC(=O)NCC2(O)CCCC2)cc1C. The molecule has 1 aromatic rings. The number of benzene rings is 1. The van der Waals surface area contributed by atoms with Crippen LogP contribution < -0.4 is 5.32 Å². The Morgan fingerprint density at radius 2 is 1.95 bits per heavy atom. The van der Waals surface area contributed by atoms with Crippen LogP contribution in [0.2, 0.25) is 0 Å². The lowest BCUT2D eigenvalue weighted by atomic mass is 10.0. The van der Waals surface area contributed by atoms with Crippen LogP contribution >= 0.6 is 0 Å². The van der Waals surface area contributed by atoms with Crippen LogP contribution in [0.1, 0.15) is 42.4 Å². The van der Waals surface area contributed by atoms with Gasteiger partial charge in [0.15, 0.2) is 0 Å². The molecule has 0 atom stereocenters. The zero-order valence-corrected chi connectivity index (χ0v) is 11.8. The highest BCUT2D eigenvalue weighted by Gasteiger charge is 2.31. The summed E-state index contributed by atoms with van der Waals surface area (Å²) in [7, 11) is 0. The van der Waals surface area contributed by atoms with Gasteiger partial charge in [0.2, 0.25) is 5.91 Å². The van der Waals surface area contributed by atoms with E-state index in [0.717, 1.165) is 31.2 Å². The number of aryl methyl sites for hydroxylation is 2. The first-order chi connectivity index (χ1) is 8.98. The minimum absolute atomic E-state index is 0.0106. The van der Waals surface area contributed by atoms with Crippen molar-refractivity contribution < 1.29 is 9.90 Å². The topological polar surface area (TPSA) is 49.3 Å². The zero-order chi connectivity index (χ0) is 13.9. The molecule has 19 heavy (non-hydrogen) atoms. The predicted molar refractivity (Wildman–Crippen MR) is 76.0 cm³/mol. The molecule has 1 aliphatic rings. The van der Waals surface area contributed by atoms with Gasteiger partial charge in [0.25, 0.3) is 0 Å². The number of rotatable bonds is 4. The third-order valence-corrected chi connectivity index (χ3v) is 4.08. The Morgan fingerprint density at radius 3 is 2.58 bits per heavy atom. The summed E-state index contributed by atoms with van der Waals surface area (Å²) in [5.41, 5.74) is 2.81. The molecule has 0 heterocycles. The highest BCUT2D eigenvalue weighted by Crippen LogP contribution is 2.28. The fourth-order valence-electron chi connectivity index (χ4n) is 2.63. The highest BCUT2D eigenvalue weighted by atomic mass is 16.3. The fourth-order valence-corrected chi connectivity index (χ4v) is 2.63. The molecule has 3 nitrogen and oxygen atoms in total. The van der Waals surface area contributed by atoms with Crippen molar-refractivity contribution in [2.75, 3.05) is 6.54 Å². The van der Waals surface area contributed by atoms with Crippen LogP contribution in [0, 0.1) is 13.8 Å². The second-order valence-electron chi connectivity index (χ2n) is 5.80. The quantitative estimate of drug-likeness (QED) is 0.873. The zero-order valence-electron chi connectivity index (χ0n) is 11.8. The van der Waals surface area contributed by atoms with Crippen molar-refractivity contribution in [3.8, 4) is 0 Å². The minimum atomic E-state index is -0.668. The maximum absolute atomic E-state index is 11.9. The summed E-state index contributed by atoms with van der Waals surface area (Å²) in [6.07, 6.45) is 4.11. The summed E-state index contributed by atoms with van der Waals surface area (Å²) in [5, 5.41) is 13.0. The summed E-state index contributed by atoms with van der Waals surface area (Å²) >= 11 is 0. The Labute approximate surface area is 115 Å². The van der Waals surface area contributed by atoms with Gasteiger partial charge in [-0.25, -0.2) is 0 Å². The van der Waals surface area contributed by atoms with Gasteiger partial charge in [0.1, 0.15) is 0 Å². The molecule has 2 rings (SSSR count). The molecule has 0 radical (unpaired) electrons. The first kappa shape index (κ1) is 14.1. The van der Waals surface area contributed by atoms with Gasteiger partial charge in [0.05, 0.1) is 12.0 Å². The van der Waals surface area contributed by atoms with Crippen LogP contribution in [0.5, 0.6) is 0 Å². The monoisotopic (exact) mass is 261 g/mol. The highest BCUT2D eigenvalue weighted by molar-refractivity contribution is 5.78. The van der Waals surface area contributed by atoms with Gasteiger partial charge < -0.3 is 10.4 Å². The molecule has 3 heteroatoms. The van der Waals surface area contributed by atoms with E-state index in [1.54, 1.807) is 0 Å². The van der Waals surface area contributed by atoms with Crippen molar-refractivity contribution in [3.63, 3.8) is 0 Å². The molecule has 0 aromatic heterocycles. The van der Waals surface area contributed by atoms with Gasteiger partial charge in [-0.2, -0.15) is 0 Å². The molecule has 2 N–H and O–H groups in total. The summed E-state index contributed by atoms with van der Waals surface area (Å²) < 4.78 is 0. The molecule has 104 valence electrons. The Hall–Kier alpha value is -1.35. The lowest BCUT2D eigenvalue weighted by Gasteiger charge is -2.22. The average molecular weight is 261 g/mol. The average Bonchev–Trinajstić information content (AvgIpc) is 2.79. The number of carbonyl (C=O) groups excluding carboxylic acids is 1. The Balaban J connectivity index is 1.85. The lowest BCUT2D eigenvalue weighted by Crippen LogP contribution is -2.41. The maximum atomic E-state index is 11.9. The van der Waals surface area contributed by atoms with Gasteiger partial charge in [-0.15, -0.1) is 0 Å². The van der Waals surface area contributed by atoms with Crippen molar-refractivity contribution in [1.82, 2.24) is 5.32 Å². The maximum Gasteiger partial charge on any atom is 0.224 e. The number of hydrogen-bond donors (Lipinski definition) is 2. The van der Waals surface area contributed by atoms with Gasteiger partial charge in [-0.3, -0.25) is 4.79 Å². The van der Waals surface area contributed by atoms with Gasteiger partial charge in [-0.1, -0.05) is 31.0 Å². The van der Waals surface area contributed by atoms with Crippen LogP contribution in [-0.4, -0.2) is 23.2 Å². The van der Waals surface area contributed by atoms with Crippen LogP contribution in [0.3, 0.4) is 0 Å². The van der Waals surface area contributed by atoms with E-state index < -0.39 is 5.60 Å². The molecule has 1 aromatic carbocycles. The molecular formula is C16H23NO2. The third-order valence-electron chi connectivity index (χ3n) is 4.08. The minimum Gasteiger partial charge on any atom is -0.388 e. The lowest BCUT2D eigenvalue weighted by molar-refractivity contribution is -0.121. The largest absolute Gasteiger partial charge is 0.388 e. The van der Waals surface area contributed by atoms with Crippen LogP contribution in [-0.2, 0) is 11.2 Å². The number of aliphatic hydroxyl groups is 1. The molecule has 1 saturated carbocycles. The Morgan fingerprint density at radius 1 is 1.26 bits per heavy atom. The van der Waals surface area contributed by atoms with Crippen molar-refractivity contribution in [3.05, 3.63) is 34.9 Å². The molecule has 1 fully saturated rings. The molecule has 0 saturated heterocycles. The van der Waals surface area contributed by atoms with E-state index in [1.807, 2.05) is 12.1 Å². The smallest absolute Gasteiger partial charge is 0.224 e. The van der Waals surface area contributed by atoms with Crippen LogP contribution in [0.25, 0.3) is 0 Å². The van der Waals surface area contributed by atoms with E-state index in [2.05, 4.69) is 25.2 Å². The van der Waals surface area contributed by atoms with Crippen molar-refractivity contribution >= 4 is 5.91 Å². The van der Waals surface area contributed by atoms with E-state index in [9.17, 15) is 9.90 Å². The first-order valence-corrected chi connectivity index (χ1v) is 7.04. The summed E-state index contributed by atoms with van der Waals surface area (Å²) in [4.78, 5) is 11.9. The number of carbonyl (C=O) groups is 1. The predicted octanol–water partition coefficient (Wildman–Crippen LogP) is 2.27. The fraction of sp³-hybridized carbons (Fsp3) is 0.562. The normalized spacial score (nSPS) is 17.4.